The lowest BCUT2D eigenvalue weighted by molar-refractivity contribution is -0.137. The van der Waals surface area contributed by atoms with Gasteiger partial charge in [-0.25, -0.2) is 0 Å². The van der Waals surface area contributed by atoms with Crippen LogP contribution in [0.25, 0.3) is 0 Å². The first-order chi connectivity index (χ1) is 11.8. The summed E-state index contributed by atoms with van der Waals surface area (Å²) in [4.78, 5) is 12.0. The average Bonchev–Trinajstić information content (AvgIpc) is 2.49. The molecule has 1 aromatic carbocycles. The van der Waals surface area contributed by atoms with Gasteiger partial charge < -0.3 is 5.32 Å². The largest absolute Gasteiger partial charge is 0.416 e. The second kappa shape index (κ2) is 9.36. The molecule has 140 valence electrons. The Hall–Kier alpha value is -1.37. The molecule has 0 unspecified atom stereocenters. The van der Waals surface area contributed by atoms with Gasteiger partial charge in [-0.15, -0.1) is 0 Å². The SMILES string of the molecule is O=C(C[S@@](=O)Cc1ccc(C(F)(F)F)cc1)NC1CCCCCCC1. The second-order valence-electron chi connectivity index (χ2n) is 6.53. The standard InChI is InChI=1S/C18H24F3NO2S/c19-18(20,21)15-10-8-14(9-11-15)12-25(24)13-17(23)22-16-6-4-2-1-3-5-7-16/h8-11,16H,1-7,12-13H2,(H,22,23)/t25-/m0/s1. The zero-order chi connectivity index (χ0) is 18.3. The van der Waals surface area contributed by atoms with Crippen molar-refractivity contribution in [1.29, 1.82) is 0 Å². The number of hydrogen-bond acceptors (Lipinski definition) is 2. The van der Waals surface area contributed by atoms with Crippen LogP contribution in [0, 0.1) is 0 Å². The van der Waals surface area contributed by atoms with E-state index in [1.165, 1.54) is 31.4 Å². The molecule has 1 N–H and O–H groups in total. The molecule has 1 saturated carbocycles. The number of amides is 1. The zero-order valence-corrected chi connectivity index (χ0v) is 14.9. The molecule has 1 amide bonds. The summed E-state index contributed by atoms with van der Waals surface area (Å²) in [5, 5.41) is 2.95. The first kappa shape index (κ1) is 19.9. The van der Waals surface area contributed by atoms with Crippen LogP contribution in [-0.4, -0.2) is 21.9 Å². The molecule has 1 atom stereocenters. The van der Waals surface area contributed by atoms with Gasteiger partial charge in [-0.3, -0.25) is 9.00 Å². The molecule has 0 saturated heterocycles. The Balaban J connectivity index is 1.79. The maximum atomic E-state index is 12.5. The number of carbonyl (C=O) groups is 1. The van der Waals surface area contributed by atoms with Gasteiger partial charge in [-0.05, 0) is 30.5 Å². The minimum atomic E-state index is -4.38. The molecule has 0 heterocycles. The maximum Gasteiger partial charge on any atom is 0.416 e. The highest BCUT2D eigenvalue weighted by atomic mass is 32.2. The molecule has 3 nitrogen and oxygen atoms in total. The summed E-state index contributed by atoms with van der Waals surface area (Å²) in [6, 6.07) is 4.72. The van der Waals surface area contributed by atoms with Crippen molar-refractivity contribution in [1.82, 2.24) is 5.32 Å². The Morgan fingerprint density at radius 3 is 2.16 bits per heavy atom. The van der Waals surface area contributed by atoms with E-state index in [0.717, 1.165) is 37.8 Å². The van der Waals surface area contributed by atoms with Crippen molar-refractivity contribution in [2.75, 3.05) is 5.75 Å². The third kappa shape index (κ3) is 7.18. The summed E-state index contributed by atoms with van der Waals surface area (Å²) in [5.74, 6) is -0.274. The van der Waals surface area contributed by atoms with Crippen LogP contribution >= 0.6 is 0 Å². The van der Waals surface area contributed by atoms with E-state index in [2.05, 4.69) is 5.32 Å². The number of alkyl halides is 3. The molecule has 7 heteroatoms. The predicted molar refractivity (Wildman–Crippen MR) is 92.4 cm³/mol. The number of carbonyl (C=O) groups excluding carboxylic acids is 1. The lowest BCUT2D eigenvalue weighted by Gasteiger charge is -2.20. The Kier molecular flexibility index (Phi) is 7.47. The van der Waals surface area contributed by atoms with Crippen LogP contribution in [0.2, 0.25) is 0 Å². The van der Waals surface area contributed by atoms with Gasteiger partial charge in [0, 0.05) is 22.6 Å². The van der Waals surface area contributed by atoms with E-state index in [0.29, 0.717) is 5.56 Å². The third-order valence-electron chi connectivity index (χ3n) is 4.37. The van der Waals surface area contributed by atoms with Crippen molar-refractivity contribution in [2.45, 2.75) is 62.9 Å². The number of rotatable bonds is 5. The molecule has 1 aromatic rings. The molecule has 25 heavy (non-hydrogen) atoms. The van der Waals surface area contributed by atoms with Crippen LogP contribution in [0.3, 0.4) is 0 Å². The molecule has 1 aliphatic carbocycles. The van der Waals surface area contributed by atoms with Gasteiger partial charge in [0.2, 0.25) is 5.91 Å². The van der Waals surface area contributed by atoms with E-state index in [1.807, 2.05) is 0 Å². The van der Waals surface area contributed by atoms with Gasteiger partial charge >= 0.3 is 6.18 Å². The summed E-state index contributed by atoms with van der Waals surface area (Å²) < 4.78 is 49.7. The summed E-state index contributed by atoms with van der Waals surface area (Å²) >= 11 is 0. The topological polar surface area (TPSA) is 46.2 Å². The predicted octanol–water partition coefficient (Wildman–Crippen LogP) is 4.18. The van der Waals surface area contributed by atoms with Crippen molar-refractivity contribution in [3.05, 3.63) is 35.4 Å². The van der Waals surface area contributed by atoms with E-state index in [1.54, 1.807) is 0 Å². The van der Waals surface area contributed by atoms with Crippen molar-refractivity contribution in [3.8, 4) is 0 Å². The third-order valence-corrected chi connectivity index (χ3v) is 5.61. The van der Waals surface area contributed by atoms with E-state index in [-0.39, 0.29) is 23.5 Å². The van der Waals surface area contributed by atoms with Crippen LogP contribution in [0.5, 0.6) is 0 Å². The van der Waals surface area contributed by atoms with Crippen molar-refractivity contribution >= 4 is 16.7 Å². The zero-order valence-electron chi connectivity index (χ0n) is 14.1. The first-order valence-electron chi connectivity index (χ1n) is 8.65. The Morgan fingerprint density at radius 1 is 1.04 bits per heavy atom. The van der Waals surface area contributed by atoms with E-state index >= 15 is 0 Å². The van der Waals surface area contributed by atoms with E-state index in [4.69, 9.17) is 0 Å². The van der Waals surface area contributed by atoms with Crippen molar-refractivity contribution in [3.63, 3.8) is 0 Å². The lowest BCUT2D eigenvalue weighted by atomic mass is 9.97. The van der Waals surface area contributed by atoms with Gasteiger partial charge in [0.25, 0.3) is 0 Å². The highest BCUT2D eigenvalue weighted by molar-refractivity contribution is 7.84. The summed E-state index contributed by atoms with van der Waals surface area (Å²) in [6.45, 7) is 0. The summed E-state index contributed by atoms with van der Waals surface area (Å²) in [6.07, 6.45) is 3.35. The number of nitrogens with one attached hydrogen (secondary N) is 1. The number of benzene rings is 1. The van der Waals surface area contributed by atoms with Gasteiger partial charge in [-0.1, -0.05) is 44.2 Å². The van der Waals surface area contributed by atoms with Crippen molar-refractivity contribution < 1.29 is 22.2 Å². The molecule has 0 aromatic heterocycles. The highest BCUT2D eigenvalue weighted by Gasteiger charge is 2.30. The van der Waals surface area contributed by atoms with Crippen molar-refractivity contribution in [2.24, 2.45) is 0 Å². The molecule has 1 aliphatic rings. The fourth-order valence-electron chi connectivity index (χ4n) is 3.04. The maximum absolute atomic E-state index is 12.5. The van der Waals surface area contributed by atoms with Crippen LogP contribution < -0.4 is 5.32 Å². The Bertz CT molecular complexity index is 579. The minimum absolute atomic E-state index is 0.0796. The number of halogens is 3. The first-order valence-corrected chi connectivity index (χ1v) is 10.1. The minimum Gasteiger partial charge on any atom is -0.353 e. The fourth-order valence-corrected chi connectivity index (χ4v) is 4.08. The molecule has 1 fully saturated rings. The average molecular weight is 375 g/mol. The fraction of sp³-hybridized carbons (Fsp3) is 0.611. The second-order valence-corrected chi connectivity index (χ2v) is 7.99. The highest BCUT2D eigenvalue weighted by Crippen LogP contribution is 2.29. The lowest BCUT2D eigenvalue weighted by Crippen LogP contribution is -2.38. The molecular formula is C18H24F3NO2S. The molecular weight excluding hydrogens is 351 g/mol. The van der Waals surface area contributed by atoms with Gasteiger partial charge in [-0.2, -0.15) is 13.2 Å². The van der Waals surface area contributed by atoms with Crippen LogP contribution in [0.1, 0.15) is 56.1 Å². The van der Waals surface area contributed by atoms with Crippen LogP contribution in [0.15, 0.2) is 24.3 Å². The Morgan fingerprint density at radius 2 is 1.60 bits per heavy atom. The quantitative estimate of drug-likeness (QED) is 0.839. The Labute approximate surface area is 148 Å². The number of hydrogen-bond donors (Lipinski definition) is 1. The van der Waals surface area contributed by atoms with Gasteiger partial charge in [0.15, 0.2) is 0 Å². The molecule has 0 bridgehead atoms. The van der Waals surface area contributed by atoms with E-state index < -0.39 is 22.5 Å². The molecule has 0 aliphatic heterocycles. The van der Waals surface area contributed by atoms with Crippen LogP contribution in [-0.2, 0) is 27.5 Å². The van der Waals surface area contributed by atoms with E-state index in [9.17, 15) is 22.2 Å². The van der Waals surface area contributed by atoms with Gasteiger partial charge in [0.05, 0.1) is 5.56 Å². The monoisotopic (exact) mass is 375 g/mol. The summed E-state index contributed by atoms with van der Waals surface area (Å²) in [7, 11) is -1.43. The molecule has 2 rings (SSSR count). The summed E-state index contributed by atoms with van der Waals surface area (Å²) in [5.41, 5.74) is -0.200. The normalized spacial score (nSPS) is 18.2. The van der Waals surface area contributed by atoms with Crippen LogP contribution in [0.4, 0.5) is 13.2 Å². The molecule has 0 radical (unpaired) electrons. The van der Waals surface area contributed by atoms with Gasteiger partial charge in [0.1, 0.15) is 5.75 Å². The smallest absolute Gasteiger partial charge is 0.353 e. The molecule has 0 spiro atoms.